The predicted molar refractivity (Wildman–Crippen MR) is 187 cm³/mol. The molecule has 0 aliphatic carbocycles. The van der Waals surface area contributed by atoms with Gasteiger partial charge in [-0.2, -0.15) is 0 Å². The minimum absolute atomic E-state index is 0.0995. The maximum absolute atomic E-state index is 14.4. The van der Waals surface area contributed by atoms with Crippen molar-refractivity contribution in [2.45, 2.75) is 155 Å². The zero-order valence-corrected chi connectivity index (χ0v) is 32.4. The van der Waals surface area contributed by atoms with Crippen molar-refractivity contribution >= 4 is 22.4 Å². The van der Waals surface area contributed by atoms with Gasteiger partial charge in [-0.15, -0.1) is 0 Å². The van der Waals surface area contributed by atoms with Crippen LogP contribution in [0.25, 0.3) is 0 Å². The fraction of sp³-hybridized carbons (Fsp3) is 0.750. The van der Waals surface area contributed by atoms with Crippen molar-refractivity contribution in [3.8, 4) is 0 Å². The van der Waals surface area contributed by atoms with E-state index in [4.69, 9.17) is 23.1 Å². The summed E-state index contributed by atoms with van der Waals surface area (Å²) < 4.78 is 32.4. The van der Waals surface area contributed by atoms with E-state index in [0.717, 1.165) is 5.56 Å². The average molecular weight is 649 g/mol. The van der Waals surface area contributed by atoms with E-state index in [0.29, 0.717) is 52.0 Å². The van der Waals surface area contributed by atoms with Gasteiger partial charge >= 0.3 is 0 Å². The highest BCUT2D eigenvalue weighted by atomic mass is 28.4. The zero-order chi connectivity index (χ0) is 33.5. The third kappa shape index (κ3) is 9.23. The monoisotopic (exact) mass is 648 g/mol. The number of carbonyl (C=O) groups excluding carboxylic acids is 1. The van der Waals surface area contributed by atoms with E-state index >= 15 is 0 Å². The molecule has 0 amide bonds. The van der Waals surface area contributed by atoms with Crippen LogP contribution in [0.1, 0.15) is 102 Å². The molecule has 1 aliphatic rings. The fourth-order valence-corrected chi connectivity index (χ4v) is 18.7. The van der Waals surface area contributed by atoms with Crippen molar-refractivity contribution in [1.29, 1.82) is 0 Å². The SMILES string of the molecule is CC(C)[Si](OC/C=C(\CO[Si](C(C)C)(C(C)C)C(C)C)C(=O)[C@@H]1OC(C)(C)O[C@H]1COCc1ccccc1)(C(C)C)C(C)C. The molecule has 1 aromatic rings. The normalized spacial score (nSPS) is 19.9. The van der Waals surface area contributed by atoms with Gasteiger partial charge in [-0.3, -0.25) is 4.79 Å². The molecule has 0 aromatic heterocycles. The van der Waals surface area contributed by atoms with Crippen LogP contribution in [0.5, 0.6) is 0 Å². The van der Waals surface area contributed by atoms with Crippen molar-refractivity contribution in [2.75, 3.05) is 19.8 Å². The molecule has 0 N–H and O–H groups in total. The lowest BCUT2D eigenvalue weighted by Gasteiger charge is -2.42. The molecule has 2 rings (SSSR count). The standard InChI is InChI=1S/C36H64O6Si2/c1-25(2)43(26(3)4,27(5)6)39-21-20-32(23-40-44(28(7)8,29(9)10)30(11)12)34(37)35-33(41-36(13,14)42-35)24-38-22-31-18-16-15-17-19-31/h15-20,25-30,33,35H,21-24H2,1-14H3/b32-20+/t33-,35+/m0/s1. The van der Waals surface area contributed by atoms with E-state index in [1.807, 2.05) is 50.3 Å². The molecule has 44 heavy (non-hydrogen) atoms. The Morgan fingerprint density at radius 3 is 1.73 bits per heavy atom. The molecule has 1 fully saturated rings. The summed E-state index contributed by atoms with van der Waals surface area (Å²) in [5.74, 6) is -0.997. The zero-order valence-electron chi connectivity index (χ0n) is 30.4. The number of benzene rings is 1. The molecule has 0 radical (unpaired) electrons. The summed E-state index contributed by atoms with van der Waals surface area (Å²) in [5, 5.41) is 0. The Morgan fingerprint density at radius 1 is 0.773 bits per heavy atom. The van der Waals surface area contributed by atoms with Crippen molar-refractivity contribution in [1.82, 2.24) is 0 Å². The number of rotatable bonds is 18. The van der Waals surface area contributed by atoms with Crippen molar-refractivity contribution in [2.24, 2.45) is 0 Å². The molecule has 0 spiro atoms. The highest BCUT2D eigenvalue weighted by Gasteiger charge is 2.49. The quantitative estimate of drug-likeness (QED) is 0.117. The van der Waals surface area contributed by atoms with E-state index in [-0.39, 0.29) is 19.0 Å². The summed E-state index contributed by atoms with van der Waals surface area (Å²) in [6, 6.07) is 10.0. The predicted octanol–water partition coefficient (Wildman–Crippen LogP) is 9.60. The van der Waals surface area contributed by atoms with Gasteiger partial charge in [0.25, 0.3) is 0 Å². The van der Waals surface area contributed by atoms with Crippen LogP contribution in [0.4, 0.5) is 0 Å². The van der Waals surface area contributed by atoms with Crippen molar-refractivity contribution in [3.05, 3.63) is 47.5 Å². The summed E-state index contributed by atoms with van der Waals surface area (Å²) in [6.07, 6.45) is 0.669. The Kier molecular flexibility index (Phi) is 14.7. The Labute approximate surface area is 271 Å². The van der Waals surface area contributed by atoms with E-state index in [9.17, 15) is 4.79 Å². The van der Waals surface area contributed by atoms with Crippen LogP contribution in [0.3, 0.4) is 0 Å². The molecule has 252 valence electrons. The lowest BCUT2D eigenvalue weighted by Crippen LogP contribution is -2.49. The van der Waals surface area contributed by atoms with Crippen LogP contribution in [-0.2, 0) is 34.5 Å². The Hall–Kier alpha value is -1.14. The minimum Gasteiger partial charge on any atom is -0.412 e. The van der Waals surface area contributed by atoms with E-state index in [1.54, 1.807) is 0 Å². The van der Waals surface area contributed by atoms with Gasteiger partial charge in [0.05, 0.1) is 26.4 Å². The first kappa shape index (κ1) is 39.0. The Balaban J connectivity index is 2.41. The van der Waals surface area contributed by atoms with Crippen LogP contribution in [-0.4, -0.2) is 60.2 Å². The van der Waals surface area contributed by atoms with Gasteiger partial charge in [0.2, 0.25) is 16.6 Å². The van der Waals surface area contributed by atoms with Gasteiger partial charge in [0, 0.05) is 5.57 Å². The third-order valence-electron chi connectivity index (χ3n) is 9.71. The van der Waals surface area contributed by atoms with Gasteiger partial charge in [-0.25, -0.2) is 0 Å². The molecular formula is C36H64O6Si2. The molecular weight excluding hydrogens is 585 g/mol. The third-order valence-corrected chi connectivity index (χ3v) is 21.8. The Bertz CT molecular complexity index is 1000. The summed E-state index contributed by atoms with van der Waals surface area (Å²) >= 11 is 0. The number of carbonyl (C=O) groups is 1. The average Bonchev–Trinajstić information content (AvgIpc) is 3.23. The summed E-state index contributed by atoms with van der Waals surface area (Å²) in [5.41, 5.74) is 4.26. The van der Waals surface area contributed by atoms with Crippen LogP contribution >= 0.6 is 0 Å². The smallest absolute Gasteiger partial charge is 0.200 e. The summed E-state index contributed by atoms with van der Waals surface area (Å²) in [4.78, 5) is 14.4. The largest absolute Gasteiger partial charge is 0.412 e. The number of hydrogen-bond donors (Lipinski definition) is 0. The van der Waals surface area contributed by atoms with E-state index in [2.05, 4.69) is 83.1 Å². The molecule has 2 atom stereocenters. The Morgan fingerprint density at radius 2 is 1.25 bits per heavy atom. The lowest BCUT2D eigenvalue weighted by molar-refractivity contribution is -0.156. The summed E-state index contributed by atoms with van der Waals surface area (Å²) in [7, 11) is -4.36. The number of Topliss-reactive ketones (excluding diaryl/α,β-unsaturated/α-hetero) is 1. The van der Waals surface area contributed by atoms with Gasteiger partial charge in [-0.05, 0) is 52.7 Å². The van der Waals surface area contributed by atoms with Crippen LogP contribution in [0.15, 0.2) is 42.0 Å². The topological polar surface area (TPSA) is 63.2 Å². The molecule has 1 aliphatic heterocycles. The molecule has 1 saturated heterocycles. The van der Waals surface area contributed by atoms with Crippen LogP contribution in [0, 0.1) is 0 Å². The first-order valence-corrected chi connectivity index (χ1v) is 21.2. The van der Waals surface area contributed by atoms with Gasteiger partial charge < -0.3 is 23.1 Å². The minimum atomic E-state index is -2.23. The first-order chi connectivity index (χ1) is 20.4. The molecule has 8 heteroatoms. The number of ketones is 1. The lowest BCUT2D eigenvalue weighted by atomic mass is 10.0. The van der Waals surface area contributed by atoms with Gasteiger partial charge in [0.15, 0.2) is 17.7 Å². The van der Waals surface area contributed by atoms with Crippen molar-refractivity contribution < 1.29 is 27.9 Å². The second-order valence-corrected chi connectivity index (χ2v) is 25.8. The van der Waals surface area contributed by atoms with E-state index in [1.165, 1.54) is 0 Å². The molecule has 1 aromatic carbocycles. The highest BCUT2D eigenvalue weighted by molar-refractivity contribution is 6.78. The molecule has 6 nitrogen and oxygen atoms in total. The van der Waals surface area contributed by atoms with E-state index < -0.39 is 34.6 Å². The van der Waals surface area contributed by atoms with Crippen LogP contribution < -0.4 is 0 Å². The number of hydrogen-bond acceptors (Lipinski definition) is 6. The fourth-order valence-electron chi connectivity index (χ4n) is 7.95. The van der Waals surface area contributed by atoms with Crippen molar-refractivity contribution in [3.63, 3.8) is 0 Å². The second kappa shape index (κ2) is 16.6. The van der Waals surface area contributed by atoms with Crippen LogP contribution in [0.2, 0.25) is 33.2 Å². The number of ether oxygens (including phenoxy) is 3. The molecule has 0 bridgehead atoms. The van der Waals surface area contributed by atoms with Gasteiger partial charge in [-0.1, -0.05) is 119 Å². The summed E-state index contributed by atoms with van der Waals surface area (Å²) in [6.45, 7) is 32.4. The molecule has 0 unspecified atom stereocenters. The second-order valence-electron chi connectivity index (χ2n) is 14.9. The van der Waals surface area contributed by atoms with Gasteiger partial charge in [0.1, 0.15) is 6.10 Å². The maximum atomic E-state index is 14.4. The maximum Gasteiger partial charge on any atom is 0.200 e. The molecule has 1 heterocycles. The highest BCUT2D eigenvalue weighted by Crippen LogP contribution is 2.44. The first-order valence-electron chi connectivity index (χ1n) is 16.9. The molecule has 0 saturated carbocycles.